The van der Waals surface area contributed by atoms with Gasteiger partial charge in [-0.2, -0.15) is 0 Å². The molecule has 0 spiro atoms. The molecule has 1 aromatic rings. The zero-order valence-corrected chi connectivity index (χ0v) is 16.3. The first-order chi connectivity index (χ1) is 11.2. The third kappa shape index (κ3) is 5.73. The summed E-state index contributed by atoms with van der Waals surface area (Å²) in [6, 6.07) is 4.05. The van der Waals surface area contributed by atoms with E-state index in [1.54, 1.807) is 19.1 Å². The monoisotopic (exact) mass is 454 g/mol. The number of nitrogens with zero attached hydrogens (tertiary/aromatic N) is 2. The Morgan fingerprint density at radius 2 is 2.08 bits per heavy atom. The molecule has 1 atom stereocenters. The number of aliphatic imine (C=N–C) groups is 1. The highest BCUT2D eigenvalue weighted by atomic mass is 127. The molecule has 0 amide bonds. The highest BCUT2D eigenvalue weighted by Crippen LogP contribution is 2.26. The molecule has 1 heterocycles. The summed E-state index contributed by atoms with van der Waals surface area (Å²) in [6.45, 7) is 2.59. The molecule has 136 valence electrons. The molecule has 8 heteroatoms. The molecule has 5 nitrogen and oxygen atoms in total. The Balaban J connectivity index is 0.00000288. The van der Waals surface area contributed by atoms with Crippen LogP contribution in [-0.2, 0) is 4.74 Å². The molecule has 0 radical (unpaired) electrons. The zero-order chi connectivity index (χ0) is 16.7. The van der Waals surface area contributed by atoms with E-state index < -0.39 is 11.6 Å². The fraction of sp³-hybridized carbons (Fsp3) is 0.562. The van der Waals surface area contributed by atoms with Crippen molar-refractivity contribution in [2.75, 3.05) is 45.3 Å². The van der Waals surface area contributed by atoms with Gasteiger partial charge in [-0.1, -0.05) is 6.07 Å². The first-order valence-electron chi connectivity index (χ1n) is 7.80. The topological polar surface area (TPSA) is 48.9 Å². The van der Waals surface area contributed by atoms with Gasteiger partial charge in [0.1, 0.15) is 17.3 Å². The van der Waals surface area contributed by atoms with Gasteiger partial charge >= 0.3 is 0 Å². The molecule has 0 bridgehead atoms. The predicted octanol–water partition coefficient (Wildman–Crippen LogP) is 2.36. The van der Waals surface area contributed by atoms with Gasteiger partial charge in [0.05, 0.1) is 0 Å². The van der Waals surface area contributed by atoms with Crippen molar-refractivity contribution in [2.24, 2.45) is 4.99 Å². The van der Waals surface area contributed by atoms with E-state index in [0.717, 1.165) is 19.4 Å². The second-order valence-electron chi connectivity index (χ2n) is 5.49. The number of benzene rings is 1. The second kappa shape index (κ2) is 10.7. The van der Waals surface area contributed by atoms with Crippen LogP contribution in [0.2, 0.25) is 0 Å². The number of anilines is 1. The molecular formula is C16H25F2IN4O. The summed E-state index contributed by atoms with van der Waals surface area (Å²) < 4.78 is 32.7. The van der Waals surface area contributed by atoms with E-state index in [1.165, 1.54) is 18.2 Å². The Morgan fingerprint density at radius 1 is 1.38 bits per heavy atom. The third-order valence-electron chi connectivity index (χ3n) is 3.82. The summed E-state index contributed by atoms with van der Waals surface area (Å²) in [5, 5.41) is 6.49. The van der Waals surface area contributed by atoms with Gasteiger partial charge in [0.2, 0.25) is 0 Å². The number of halogens is 3. The van der Waals surface area contributed by atoms with Gasteiger partial charge in [-0.15, -0.1) is 24.0 Å². The normalized spacial score (nSPS) is 17.6. The molecule has 1 fully saturated rings. The molecule has 1 aromatic carbocycles. The van der Waals surface area contributed by atoms with Crippen LogP contribution < -0.4 is 15.5 Å². The minimum Gasteiger partial charge on any atom is -0.385 e. The molecule has 0 aromatic heterocycles. The summed E-state index contributed by atoms with van der Waals surface area (Å²) in [4.78, 5) is 5.91. The van der Waals surface area contributed by atoms with Crippen molar-refractivity contribution < 1.29 is 13.5 Å². The fourth-order valence-electron chi connectivity index (χ4n) is 2.68. The molecule has 1 unspecified atom stereocenters. The van der Waals surface area contributed by atoms with Crippen molar-refractivity contribution in [3.8, 4) is 0 Å². The first-order valence-corrected chi connectivity index (χ1v) is 7.80. The molecule has 2 N–H and O–H groups in total. The van der Waals surface area contributed by atoms with Crippen LogP contribution in [0.1, 0.15) is 12.8 Å². The minimum absolute atomic E-state index is 0. The van der Waals surface area contributed by atoms with Gasteiger partial charge in [0, 0.05) is 46.4 Å². The first kappa shape index (κ1) is 20.9. The number of hydrogen-bond acceptors (Lipinski definition) is 3. The quantitative estimate of drug-likeness (QED) is 0.300. The van der Waals surface area contributed by atoms with Crippen molar-refractivity contribution in [1.82, 2.24) is 10.6 Å². The van der Waals surface area contributed by atoms with Crippen LogP contribution in [0.5, 0.6) is 0 Å². The summed E-state index contributed by atoms with van der Waals surface area (Å²) in [5.41, 5.74) is 0.0554. The lowest BCUT2D eigenvalue weighted by molar-refractivity contribution is 0.195. The number of para-hydroxylation sites is 1. The van der Waals surface area contributed by atoms with E-state index in [1.807, 2.05) is 0 Å². The number of rotatable bonds is 6. The average molecular weight is 454 g/mol. The highest BCUT2D eigenvalue weighted by molar-refractivity contribution is 14.0. The molecule has 2 rings (SSSR count). The van der Waals surface area contributed by atoms with Gasteiger partial charge in [-0.25, -0.2) is 8.78 Å². The lowest BCUT2D eigenvalue weighted by atomic mass is 10.2. The summed E-state index contributed by atoms with van der Waals surface area (Å²) >= 11 is 0. The van der Waals surface area contributed by atoms with Gasteiger partial charge in [0.15, 0.2) is 5.96 Å². The standard InChI is InChI=1S/C16H24F2N4O.HI/c1-19-16(20-8-4-10-23-2)21-12-7-9-22(11-12)15-13(17)5-3-6-14(15)18;/h3,5-6,12H,4,7-11H2,1-2H3,(H2,19,20,21);1H. The Bertz CT molecular complexity index is 525. The number of ether oxygens (including phenoxy) is 1. The number of methoxy groups -OCH3 is 1. The number of hydrogen-bond donors (Lipinski definition) is 2. The molecule has 0 aliphatic carbocycles. The van der Waals surface area contributed by atoms with E-state index in [2.05, 4.69) is 15.6 Å². The van der Waals surface area contributed by atoms with Crippen LogP contribution in [-0.4, -0.2) is 52.4 Å². The highest BCUT2D eigenvalue weighted by Gasteiger charge is 2.27. The van der Waals surface area contributed by atoms with Crippen LogP contribution in [0.25, 0.3) is 0 Å². The molecule has 1 aliphatic rings. The van der Waals surface area contributed by atoms with Gasteiger partial charge in [-0.3, -0.25) is 4.99 Å². The van der Waals surface area contributed by atoms with Crippen LogP contribution in [0.3, 0.4) is 0 Å². The van der Waals surface area contributed by atoms with E-state index in [9.17, 15) is 8.78 Å². The van der Waals surface area contributed by atoms with Crippen molar-refractivity contribution in [3.05, 3.63) is 29.8 Å². The summed E-state index contributed by atoms with van der Waals surface area (Å²) in [6.07, 6.45) is 1.68. The van der Waals surface area contributed by atoms with Crippen molar-refractivity contribution in [3.63, 3.8) is 0 Å². The Hall–Kier alpha value is -1.16. The molecule has 24 heavy (non-hydrogen) atoms. The molecule has 1 aliphatic heterocycles. The van der Waals surface area contributed by atoms with E-state index >= 15 is 0 Å². The van der Waals surface area contributed by atoms with E-state index in [4.69, 9.17) is 4.74 Å². The van der Waals surface area contributed by atoms with Gasteiger partial charge < -0.3 is 20.3 Å². The Morgan fingerprint density at radius 3 is 2.71 bits per heavy atom. The molecule has 1 saturated heterocycles. The number of nitrogens with one attached hydrogen (secondary N) is 2. The predicted molar refractivity (Wildman–Crippen MR) is 103 cm³/mol. The van der Waals surface area contributed by atoms with Gasteiger partial charge in [-0.05, 0) is 25.0 Å². The fourth-order valence-corrected chi connectivity index (χ4v) is 2.68. The summed E-state index contributed by atoms with van der Waals surface area (Å²) in [7, 11) is 3.37. The maximum atomic E-state index is 13.8. The maximum Gasteiger partial charge on any atom is 0.191 e. The molecule has 0 saturated carbocycles. The van der Waals surface area contributed by atoms with Crippen LogP contribution in [0.4, 0.5) is 14.5 Å². The average Bonchev–Trinajstić information content (AvgIpc) is 2.98. The second-order valence-corrected chi connectivity index (χ2v) is 5.49. The van der Waals surface area contributed by atoms with Crippen molar-refractivity contribution in [1.29, 1.82) is 0 Å². The SMILES string of the molecule is CN=C(NCCCOC)NC1CCN(c2c(F)cccc2F)C1.I. The van der Waals surface area contributed by atoms with E-state index in [-0.39, 0.29) is 35.7 Å². The summed E-state index contributed by atoms with van der Waals surface area (Å²) in [5.74, 6) is -0.345. The van der Waals surface area contributed by atoms with E-state index in [0.29, 0.717) is 25.7 Å². The lowest BCUT2D eigenvalue weighted by Gasteiger charge is -2.21. The Labute approximate surface area is 158 Å². The van der Waals surface area contributed by atoms with Crippen LogP contribution in [0, 0.1) is 11.6 Å². The minimum atomic E-state index is -0.521. The third-order valence-corrected chi connectivity index (χ3v) is 3.82. The van der Waals surface area contributed by atoms with Crippen LogP contribution in [0.15, 0.2) is 23.2 Å². The van der Waals surface area contributed by atoms with Crippen LogP contribution >= 0.6 is 24.0 Å². The smallest absolute Gasteiger partial charge is 0.191 e. The largest absolute Gasteiger partial charge is 0.385 e. The van der Waals surface area contributed by atoms with Crippen molar-refractivity contribution >= 4 is 35.6 Å². The van der Waals surface area contributed by atoms with Crippen molar-refractivity contribution in [2.45, 2.75) is 18.9 Å². The lowest BCUT2D eigenvalue weighted by Crippen LogP contribution is -2.45. The number of guanidine groups is 1. The maximum absolute atomic E-state index is 13.8. The van der Waals surface area contributed by atoms with Gasteiger partial charge in [0.25, 0.3) is 0 Å². The molecular weight excluding hydrogens is 429 g/mol. The Kier molecular flexibility index (Phi) is 9.27. The zero-order valence-electron chi connectivity index (χ0n) is 14.0.